The number of benzene rings is 1. The van der Waals surface area contributed by atoms with Gasteiger partial charge in [0.2, 0.25) is 0 Å². The van der Waals surface area contributed by atoms with Gasteiger partial charge in [-0.1, -0.05) is 30.3 Å². The summed E-state index contributed by atoms with van der Waals surface area (Å²) in [7, 11) is 3.93. The van der Waals surface area contributed by atoms with Crippen molar-refractivity contribution >= 4 is 5.91 Å². The van der Waals surface area contributed by atoms with Gasteiger partial charge in [0.15, 0.2) is 6.10 Å². The first-order valence-electron chi connectivity index (χ1n) is 10.1. The number of aliphatic hydroxyl groups is 1. The third-order valence-electron chi connectivity index (χ3n) is 5.72. The fraction of sp³-hybridized carbons (Fsp3) is 0.667. The highest BCUT2D eigenvalue weighted by atomic mass is 16.5. The highest BCUT2D eigenvalue weighted by Crippen LogP contribution is 2.24. The molecule has 27 heavy (non-hydrogen) atoms. The summed E-state index contributed by atoms with van der Waals surface area (Å²) in [4.78, 5) is 19.3. The number of carbonyl (C=O) groups excluding carboxylic acids is 1. The number of ether oxygens (including phenoxy) is 1. The van der Waals surface area contributed by atoms with Gasteiger partial charge in [0.25, 0.3) is 5.91 Å². The molecule has 6 heteroatoms. The molecule has 1 N–H and O–H groups in total. The largest absolute Gasteiger partial charge is 0.390 e. The Kier molecular flexibility index (Phi) is 7.24. The number of piperazine rings is 1. The molecule has 0 radical (unpaired) electrons. The van der Waals surface area contributed by atoms with E-state index in [0.29, 0.717) is 13.0 Å². The molecule has 0 bridgehead atoms. The molecule has 2 saturated heterocycles. The average Bonchev–Trinajstić information content (AvgIpc) is 2.69. The van der Waals surface area contributed by atoms with Crippen molar-refractivity contribution in [2.24, 2.45) is 0 Å². The molecule has 3 rings (SSSR count). The summed E-state index contributed by atoms with van der Waals surface area (Å²) in [6.45, 7) is 5.92. The van der Waals surface area contributed by atoms with E-state index in [1.807, 2.05) is 30.3 Å². The van der Waals surface area contributed by atoms with E-state index in [0.717, 1.165) is 51.1 Å². The lowest BCUT2D eigenvalue weighted by atomic mass is 9.98. The molecule has 2 fully saturated rings. The minimum absolute atomic E-state index is 0.0483. The van der Waals surface area contributed by atoms with E-state index in [-0.39, 0.29) is 12.0 Å². The van der Waals surface area contributed by atoms with Gasteiger partial charge in [-0.3, -0.25) is 4.79 Å². The zero-order chi connectivity index (χ0) is 19.2. The normalized spacial score (nSPS) is 27.4. The van der Waals surface area contributed by atoms with Crippen LogP contribution in [0.4, 0.5) is 0 Å². The van der Waals surface area contributed by atoms with Gasteiger partial charge < -0.3 is 24.5 Å². The lowest BCUT2D eigenvalue weighted by molar-refractivity contribution is -0.168. The van der Waals surface area contributed by atoms with E-state index in [1.54, 1.807) is 11.9 Å². The number of carbonyl (C=O) groups is 1. The summed E-state index contributed by atoms with van der Waals surface area (Å²) in [5.41, 5.74) is 1.07. The highest BCUT2D eigenvalue weighted by molar-refractivity contribution is 5.81. The van der Waals surface area contributed by atoms with Crippen LogP contribution in [0.3, 0.4) is 0 Å². The van der Waals surface area contributed by atoms with Gasteiger partial charge in [-0.2, -0.15) is 0 Å². The first-order valence-corrected chi connectivity index (χ1v) is 10.1. The molecule has 0 spiro atoms. The van der Waals surface area contributed by atoms with Gasteiger partial charge in [0.05, 0.1) is 12.2 Å². The van der Waals surface area contributed by atoms with E-state index in [4.69, 9.17) is 4.74 Å². The first-order chi connectivity index (χ1) is 13.0. The monoisotopic (exact) mass is 375 g/mol. The fourth-order valence-corrected chi connectivity index (χ4v) is 3.86. The molecule has 1 amide bonds. The minimum atomic E-state index is -0.745. The topological polar surface area (TPSA) is 56.2 Å². The Morgan fingerprint density at radius 3 is 2.59 bits per heavy atom. The number of hydrogen-bond donors (Lipinski definition) is 1. The van der Waals surface area contributed by atoms with Crippen molar-refractivity contribution in [1.29, 1.82) is 0 Å². The maximum Gasteiger partial charge on any atom is 0.254 e. The number of nitrogens with zero attached hydrogens (tertiary/aromatic N) is 3. The lowest BCUT2D eigenvalue weighted by Gasteiger charge is -2.37. The zero-order valence-corrected chi connectivity index (χ0v) is 16.6. The second kappa shape index (κ2) is 9.64. The number of hydrogen-bond acceptors (Lipinski definition) is 5. The maximum atomic E-state index is 12.8. The molecular formula is C21H33N3O3. The second-order valence-electron chi connectivity index (χ2n) is 7.94. The Morgan fingerprint density at radius 2 is 1.89 bits per heavy atom. The van der Waals surface area contributed by atoms with Gasteiger partial charge in [-0.15, -0.1) is 0 Å². The van der Waals surface area contributed by atoms with E-state index in [2.05, 4.69) is 16.8 Å². The zero-order valence-electron chi connectivity index (χ0n) is 16.6. The highest BCUT2D eigenvalue weighted by Gasteiger charge is 2.36. The number of rotatable bonds is 6. The van der Waals surface area contributed by atoms with Crippen LogP contribution < -0.4 is 0 Å². The molecule has 6 nitrogen and oxygen atoms in total. The second-order valence-corrected chi connectivity index (χ2v) is 7.94. The fourth-order valence-electron chi connectivity index (χ4n) is 3.86. The van der Waals surface area contributed by atoms with Gasteiger partial charge in [-0.25, -0.2) is 0 Å². The predicted octanol–water partition coefficient (Wildman–Crippen LogP) is 1.19. The molecule has 2 aliphatic rings. The SMILES string of the molecule is CN1CCN(CC[C@H]2CC[C@H](O)[C@@H](C(=O)N(C)Cc3ccccc3)O2)CC1. The Labute approximate surface area is 162 Å². The molecule has 0 aromatic heterocycles. The van der Waals surface area contributed by atoms with Crippen molar-refractivity contribution in [3.8, 4) is 0 Å². The van der Waals surface area contributed by atoms with Crippen molar-refractivity contribution in [2.45, 2.75) is 44.1 Å². The molecule has 1 aromatic rings. The molecule has 0 aliphatic carbocycles. The van der Waals surface area contributed by atoms with E-state index in [1.165, 1.54) is 0 Å². The molecule has 0 saturated carbocycles. The van der Waals surface area contributed by atoms with Crippen molar-refractivity contribution in [3.05, 3.63) is 35.9 Å². The average molecular weight is 376 g/mol. The van der Waals surface area contributed by atoms with E-state index >= 15 is 0 Å². The van der Waals surface area contributed by atoms with Crippen molar-refractivity contribution in [1.82, 2.24) is 14.7 Å². The number of amides is 1. The van der Waals surface area contributed by atoms with Crippen LogP contribution in [-0.4, -0.2) is 90.8 Å². The molecule has 2 aliphatic heterocycles. The van der Waals surface area contributed by atoms with Gasteiger partial charge in [0.1, 0.15) is 0 Å². The Morgan fingerprint density at radius 1 is 1.19 bits per heavy atom. The van der Waals surface area contributed by atoms with Gasteiger partial charge in [-0.05, 0) is 31.9 Å². The third kappa shape index (κ3) is 5.75. The van der Waals surface area contributed by atoms with Crippen LogP contribution in [-0.2, 0) is 16.1 Å². The predicted molar refractivity (Wildman–Crippen MR) is 105 cm³/mol. The quantitative estimate of drug-likeness (QED) is 0.810. The van der Waals surface area contributed by atoms with Gasteiger partial charge in [0, 0.05) is 46.3 Å². The molecule has 1 aromatic carbocycles. The van der Waals surface area contributed by atoms with Gasteiger partial charge >= 0.3 is 0 Å². The summed E-state index contributed by atoms with van der Waals surface area (Å²) >= 11 is 0. The van der Waals surface area contributed by atoms with Crippen LogP contribution in [0.15, 0.2) is 30.3 Å². The third-order valence-corrected chi connectivity index (χ3v) is 5.72. The molecule has 2 heterocycles. The molecule has 150 valence electrons. The standard InChI is InChI=1S/C21H33N3O3/c1-22-12-14-24(15-13-22)11-10-18-8-9-19(25)20(27-18)21(26)23(2)16-17-6-4-3-5-7-17/h3-7,18-20,25H,8-16H2,1-2H3/t18-,19+,20+/m1/s1. The summed E-state index contributed by atoms with van der Waals surface area (Å²) in [6.07, 6.45) is 0.958. The first kappa shape index (κ1) is 20.3. The Balaban J connectivity index is 1.49. The summed E-state index contributed by atoms with van der Waals surface area (Å²) in [5, 5.41) is 10.3. The molecule has 0 unspecified atom stereocenters. The smallest absolute Gasteiger partial charge is 0.254 e. The molecular weight excluding hydrogens is 342 g/mol. The van der Waals surface area contributed by atoms with Crippen LogP contribution >= 0.6 is 0 Å². The van der Waals surface area contributed by atoms with Crippen molar-refractivity contribution < 1.29 is 14.6 Å². The van der Waals surface area contributed by atoms with Crippen molar-refractivity contribution in [3.63, 3.8) is 0 Å². The van der Waals surface area contributed by atoms with Crippen LogP contribution in [0.25, 0.3) is 0 Å². The van der Waals surface area contributed by atoms with Crippen LogP contribution in [0.1, 0.15) is 24.8 Å². The maximum absolute atomic E-state index is 12.8. The van der Waals surface area contributed by atoms with E-state index in [9.17, 15) is 9.90 Å². The summed E-state index contributed by atoms with van der Waals surface area (Å²) < 4.78 is 6.05. The van der Waals surface area contributed by atoms with Crippen molar-refractivity contribution in [2.75, 3.05) is 46.8 Å². The Hall–Kier alpha value is -1.47. The summed E-state index contributed by atoms with van der Waals surface area (Å²) in [5.74, 6) is -0.129. The van der Waals surface area contributed by atoms with E-state index < -0.39 is 12.2 Å². The summed E-state index contributed by atoms with van der Waals surface area (Å²) in [6, 6.07) is 9.90. The van der Waals surface area contributed by atoms with Crippen LogP contribution in [0.5, 0.6) is 0 Å². The number of likely N-dealkylation sites (N-methyl/N-ethyl adjacent to an activating group) is 2. The molecule has 3 atom stereocenters. The van der Waals surface area contributed by atoms with Crippen LogP contribution in [0.2, 0.25) is 0 Å². The Bertz CT molecular complexity index is 590. The minimum Gasteiger partial charge on any atom is -0.390 e. The van der Waals surface area contributed by atoms with Crippen LogP contribution in [0, 0.1) is 0 Å². The lowest BCUT2D eigenvalue weighted by Crippen LogP contribution is -2.50. The number of aliphatic hydroxyl groups excluding tert-OH is 1.